The summed E-state index contributed by atoms with van der Waals surface area (Å²) in [6.07, 6.45) is -9.10. The molecule has 2 aromatic rings. The van der Waals surface area contributed by atoms with E-state index < -0.39 is 48.0 Å². The van der Waals surface area contributed by atoms with Crippen molar-refractivity contribution in [2.45, 2.75) is 19.2 Å². The molecule has 0 radical (unpaired) electrons. The summed E-state index contributed by atoms with van der Waals surface area (Å²) in [5, 5.41) is 13.5. The first-order valence-electron chi connectivity index (χ1n) is 9.03. The highest BCUT2D eigenvalue weighted by molar-refractivity contribution is 6.52. The third kappa shape index (κ3) is 6.09. The van der Waals surface area contributed by atoms with Gasteiger partial charge in [-0.1, -0.05) is 0 Å². The zero-order valence-electron chi connectivity index (χ0n) is 17.3. The second kappa shape index (κ2) is 9.61. The number of ether oxygens (including phenoxy) is 2. The molecule has 1 aliphatic heterocycles. The maximum atomic E-state index is 12.6. The Morgan fingerprint density at radius 3 is 1.94 bits per heavy atom. The number of amides is 1. The van der Waals surface area contributed by atoms with Crippen LogP contribution in [-0.4, -0.2) is 38.0 Å². The normalized spacial score (nSPS) is 12.9. The zero-order chi connectivity index (χ0) is 25.1. The van der Waals surface area contributed by atoms with Crippen LogP contribution in [0.4, 0.5) is 37.7 Å². The summed E-state index contributed by atoms with van der Waals surface area (Å²) in [6, 6.07) is 5.11. The average molecular weight is 478 g/mol. The van der Waals surface area contributed by atoms with Crippen LogP contribution in [0.25, 0.3) is 0 Å². The molecular formula is C19H17BF6N2O5. The SMILES string of the molecule is COc1cc2c(cc1C(F)(F)F)NC(=O)C2=O.COc1ccc(NB(C)O)cc1C(F)(F)F. The van der Waals surface area contributed by atoms with E-state index in [1.807, 2.05) is 0 Å². The number of benzene rings is 2. The second-order valence-corrected chi connectivity index (χ2v) is 6.61. The van der Waals surface area contributed by atoms with Crippen molar-refractivity contribution in [2.75, 3.05) is 24.8 Å². The quantitative estimate of drug-likeness (QED) is 0.348. The number of ketones is 1. The Labute approximate surface area is 183 Å². The predicted molar refractivity (Wildman–Crippen MR) is 106 cm³/mol. The van der Waals surface area contributed by atoms with Crippen LogP contribution in [0.2, 0.25) is 6.82 Å². The lowest BCUT2D eigenvalue weighted by Crippen LogP contribution is -2.20. The Balaban J connectivity index is 0.000000234. The van der Waals surface area contributed by atoms with Gasteiger partial charge < -0.3 is 25.0 Å². The van der Waals surface area contributed by atoms with E-state index in [1.165, 1.54) is 26.1 Å². The Kier molecular flexibility index (Phi) is 7.52. The van der Waals surface area contributed by atoms with Crippen molar-refractivity contribution in [2.24, 2.45) is 0 Å². The lowest BCUT2D eigenvalue weighted by molar-refractivity contribution is -0.139. The predicted octanol–water partition coefficient (Wildman–Crippen LogP) is 4.09. The standard InChI is InChI=1S/C10H6F3NO3.C9H11BF3NO2/c1-17-7-2-4-6(14-9(16)8(4)15)3-5(7)10(11,12)13;1-10(15)14-6-3-4-8(16-2)7(5-6)9(11,12)13/h2-3H,1H3,(H,14,15,16);3-5,14-15H,1-2H3. The van der Waals surface area contributed by atoms with Gasteiger partial charge in [0.25, 0.3) is 11.7 Å². The van der Waals surface area contributed by atoms with Crippen LogP contribution in [0, 0.1) is 0 Å². The molecule has 7 nitrogen and oxygen atoms in total. The monoisotopic (exact) mass is 478 g/mol. The number of alkyl halides is 6. The van der Waals surface area contributed by atoms with Crippen LogP contribution in [0.1, 0.15) is 21.5 Å². The van der Waals surface area contributed by atoms with Crippen molar-refractivity contribution in [3.05, 3.63) is 47.0 Å². The highest BCUT2D eigenvalue weighted by Crippen LogP contribution is 2.41. The van der Waals surface area contributed by atoms with E-state index in [9.17, 15) is 35.9 Å². The molecule has 1 aliphatic rings. The molecule has 0 unspecified atom stereocenters. The van der Waals surface area contributed by atoms with Crippen molar-refractivity contribution in [3.63, 3.8) is 0 Å². The van der Waals surface area contributed by atoms with Crippen molar-refractivity contribution in [1.29, 1.82) is 0 Å². The number of nitrogens with one attached hydrogen (secondary N) is 2. The van der Waals surface area contributed by atoms with Gasteiger partial charge in [0.15, 0.2) is 0 Å². The van der Waals surface area contributed by atoms with Gasteiger partial charge in [-0.3, -0.25) is 9.59 Å². The number of carbonyl (C=O) groups excluding carboxylic acids is 2. The van der Waals surface area contributed by atoms with E-state index in [-0.39, 0.29) is 22.7 Å². The molecule has 0 fully saturated rings. The molecule has 0 bridgehead atoms. The molecule has 33 heavy (non-hydrogen) atoms. The van der Waals surface area contributed by atoms with Crippen LogP contribution in [0.15, 0.2) is 30.3 Å². The highest BCUT2D eigenvalue weighted by Gasteiger charge is 2.38. The topological polar surface area (TPSA) is 96.9 Å². The molecule has 1 heterocycles. The fourth-order valence-corrected chi connectivity index (χ4v) is 2.82. The fraction of sp³-hybridized carbons (Fsp3) is 0.263. The minimum absolute atomic E-state index is 0.111. The highest BCUT2D eigenvalue weighted by atomic mass is 19.4. The molecule has 0 saturated heterocycles. The van der Waals surface area contributed by atoms with Crippen molar-refractivity contribution in [1.82, 2.24) is 0 Å². The molecule has 0 aromatic heterocycles. The number of hydrogen-bond acceptors (Lipinski definition) is 6. The number of fused-ring (bicyclic) bond motifs is 1. The lowest BCUT2D eigenvalue weighted by atomic mass is 9.88. The Morgan fingerprint density at radius 1 is 0.909 bits per heavy atom. The van der Waals surface area contributed by atoms with Crippen molar-refractivity contribution in [3.8, 4) is 11.5 Å². The summed E-state index contributed by atoms with van der Waals surface area (Å²) in [6.45, 7) is 1.41. The van der Waals surface area contributed by atoms with Gasteiger partial charge in [-0.05, 0) is 37.2 Å². The Hall–Kier alpha value is -3.42. The second-order valence-electron chi connectivity index (χ2n) is 6.61. The van der Waals surface area contributed by atoms with Gasteiger partial charge in [0, 0.05) is 5.69 Å². The largest absolute Gasteiger partial charge is 0.496 e. The third-order valence-electron chi connectivity index (χ3n) is 4.22. The van der Waals surface area contributed by atoms with Crippen LogP contribution < -0.4 is 20.0 Å². The molecule has 0 aliphatic carbocycles. The van der Waals surface area contributed by atoms with E-state index in [1.54, 1.807) is 0 Å². The molecule has 14 heteroatoms. The number of anilines is 2. The van der Waals surface area contributed by atoms with E-state index in [4.69, 9.17) is 5.02 Å². The van der Waals surface area contributed by atoms with Gasteiger partial charge >= 0.3 is 19.4 Å². The van der Waals surface area contributed by atoms with Crippen molar-refractivity contribution < 1.29 is 50.4 Å². The Bertz CT molecular complexity index is 1060. The van der Waals surface area contributed by atoms with Crippen LogP contribution in [0.5, 0.6) is 11.5 Å². The summed E-state index contributed by atoms with van der Waals surface area (Å²) in [5.74, 6) is -2.54. The Morgan fingerprint density at radius 2 is 1.45 bits per heavy atom. The number of hydrogen-bond donors (Lipinski definition) is 3. The number of carbonyl (C=O) groups is 2. The summed E-state index contributed by atoms with van der Waals surface area (Å²) < 4.78 is 84.8. The molecule has 2 aromatic carbocycles. The minimum Gasteiger partial charge on any atom is -0.496 e. The maximum absolute atomic E-state index is 12.6. The number of Topliss-reactive ketones (excluding diaryl/α,β-unsaturated/α-hetero) is 1. The van der Waals surface area contributed by atoms with Crippen LogP contribution in [0.3, 0.4) is 0 Å². The van der Waals surface area contributed by atoms with Gasteiger partial charge in [0.1, 0.15) is 11.5 Å². The van der Waals surface area contributed by atoms with Crippen LogP contribution in [-0.2, 0) is 17.1 Å². The first-order valence-corrected chi connectivity index (χ1v) is 9.03. The molecule has 3 N–H and O–H groups in total. The van der Waals surface area contributed by atoms with E-state index in [0.29, 0.717) is 6.07 Å². The molecule has 1 amide bonds. The third-order valence-corrected chi connectivity index (χ3v) is 4.22. The molecule has 0 spiro atoms. The molecule has 178 valence electrons. The first kappa shape index (κ1) is 25.8. The van der Waals surface area contributed by atoms with Gasteiger partial charge in [-0.15, -0.1) is 0 Å². The summed E-state index contributed by atoms with van der Waals surface area (Å²) in [7, 11) is 1.31. The van der Waals surface area contributed by atoms with E-state index in [0.717, 1.165) is 19.2 Å². The molecule has 3 rings (SSSR count). The van der Waals surface area contributed by atoms with Gasteiger partial charge in [-0.25, -0.2) is 0 Å². The number of rotatable bonds is 4. The minimum atomic E-state index is -4.61. The summed E-state index contributed by atoms with van der Waals surface area (Å²) in [5.41, 5.74) is -1.98. The smallest absolute Gasteiger partial charge is 0.420 e. The summed E-state index contributed by atoms with van der Waals surface area (Å²) in [4.78, 5) is 22.3. The maximum Gasteiger partial charge on any atom is 0.420 e. The number of methoxy groups -OCH3 is 2. The average Bonchev–Trinajstić information content (AvgIpc) is 2.99. The molecule has 0 atom stereocenters. The van der Waals surface area contributed by atoms with E-state index >= 15 is 0 Å². The fourth-order valence-electron chi connectivity index (χ4n) is 2.82. The van der Waals surface area contributed by atoms with Crippen LogP contribution >= 0.6 is 0 Å². The van der Waals surface area contributed by atoms with Gasteiger partial charge in [0.2, 0.25) is 0 Å². The molecular weight excluding hydrogens is 461 g/mol. The van der Waals surface area contributed by atoms with E-state index in [2.05, 4.69) is 20.0 Å². The number of halogens is 6. The zero-order valence-corrected chi connectivity index (χ0v) is 17.3. The van der Waals surface area contributed by atoms with Gasteiger partial charge in [-0.2, -0.15) is 26.3 Å². The summed E-state index contributed by atoms with van der Waals surface area (Å²) >= 11 is 0. The molecule has 0 saturated carbocycles. The van der Waals surface area contributed by atoms with Gasteiger partial charge in [0.05, 0.1) is 36.6 Å². The lowest BCUT2D eigenvalue weighted by Gasteiger charge is -2.14. The van der Waals surface area contributed by atoms with Crippen molar-refractivity contribution >= 4 is 30.1 Å². The first-order chi connectivity index (χ1) is 15.2.